The van der Waals surface area contributed by atoms with E-state index in [2.05, 4.69) is 74.5 Å². The number of aryl methyl sites for hydroxylation is 1. The van der Waals surface area contributed by atoms with Gasteiger partial charge in [-0.2, -0.15) is 0 Å². The molecule has 1 saturated heterocycles. The van der Waals surface area contributed by atoms with Crippen molar-refractivity contribution < 1.29 is 14.9 Å². The van der Waals surface area contributed by atoms with Crippen molar-refractivity contribution in [3.63, 3.8) is 0 Å². The molecule has 146 valence electrons. The number of hydrogen-bond donors (Lipinski definition) is 2. The lowest BCUT2D eigenvalue weighted by Crippen LogP contribution is -2.33. The first-order valence-electron chi connectivity index (χ1n) is 10.1. The summed E-state index contributed by atoms with van der Waals surface area (Å²) in [4.78, 5) is 0. The van der Waals surface area contributed by atoms with Crippen LogP contribution in [0, 0.1) is 6.92 Å². The third-order valence-corrected chi connectivity index (χ3v) is 5.97. The molecule has 2 aliphatic carbocycles. The first kappa shape index (κ1) is 19.1. The normalized spacial score (nSPS) is 23.6. The van der Waals surface area contributed by atoms with Crippen LogP contribution in [-0.4, -0.2) is 29.0 Å². The molecule has 0 radical (unpaired) electrons. The fourth-order valence-corrected chi connectivity index (χ4v) is 4.32. The Balaban J connectivity index is 1.66. The van der Waals surface area contributed by atoms with Gasteiger partial charge in [0.15, 0.2) is 0 Å². The van der Waals surface area contributed by atoms with E-state index >= 15 is 0 Å². The highest BCUT2D eigenvalue weighted by Crippen LogP contribution is 2.37. The van der Waals surface area contributed by atoms with Crippen LogP contribution in [0.25, 0.3) is 11.1 Å². The average Bonchev–Trinajstić information content (AvgIpc) is 2.97. The van der Waals surface area contributed by atoms with Crippen molar-refractivity contribution in [2.45, 2.75) is 50.9 Å². The van der Waals surface area contributed by atoms with Crippen molar-refractivity contribution in [2.24, 2.45) is 0 Å². The number of rotatable bonds is 4. The van der Waals surface area contributed by atoms with E-state index in [0.717, 1.165) is 5.56 Å². The van der Waals surface area contributed by atoms with E-state index in [4.69, 9.17) is 4.74 Å². The van der Waals surface area contributed by atoms with Crippen LogP contribution in [0.5, 0.6) is 0 Å². The van der Waals surface area contributed by atoms with Gasteiger partial charge in [0, 0.05) is 18.8 Å². The summed E-state index contributed by atoms with van der Waals surface area (Å²) in [6.07, 6.45) is 0.172. The highest BCUT2D eigenvalue weighted by molar-refractivity contribution is 5.69. The van der Waals surface area contributed by atoms with E-state index in [1.54, 1.807) is 0 Å². The Morgan fingerprint density at radius 1 is 1.00 bits per heavy atom. The molecular weight excluding hydrogens is 348 g/mol. The van der Waals surface area contributed by atoms with Crippen molar-refractivity contribution in [1.82, 2.24) is 0 Å². The van der Waals surface area contributed by atoms with Gasteiger partial charge in [-0.25, -0.2) is 0 Å². The number of fused-ring (bicyclic) bond motifs is 1. The van der Waals surface area contributed by atoms with Crippen LogP contribution in [0.2, 0.25) is 0 Å². The highest BCUT2D eigenvalue weighted by Gasteiger charge is 2.29. The van der Waals surface area contributed by atoms with Crippen molar-refractivity contribution in [1.29, 1.82) is 0 Å². The molecule has 0 saturated carbocycles. The minimum atomic E-state index is -0.431. The maximum absolute atomic E-state index is 10.2. The molecule has 0 aromatic heterocycles. The van der Waals surface area contributed by atoms with Crippen molar-refractivity contribution >= 4 is 0 Å². The molecule has 4 atom stereocenters. The Hall–Kier alpha value is -2.20. The van der Waals surface area contributed by atoms with Crippen LogP contribution >= 0.6 is 0 Å². The molecule has 28 heavy (non-hydrogen) atoms. The van der Waals surface area contributed by atoms with Gasteiger partial charge in [-0.05, 0) is 40.3 Å². The lowest BCUT2D eigenvalue weighted by molar-refractivity contribution is -0.113. The van der Waals surface area contributed by atoms with E-state index in [-0.39, 0.29) is 24.7 Å². The summed E-state index contributed by atoms with van der Waals surface area (Å²) in [7, 11) is 0. The predicted octanol–water partition coefficient (Wildman–Crippen LogP) is 4.82. The van der Waals surface area contributed by atoms with Crippen LogP contribution in [0.4, 0.5) is 0 Å². The lowest BCUT2D eigenvalue weighted by atomic mass is 9.87. The number of aliphatic hydroxyl groups excluding tert-OH is 2. The van der Waals surface area contributed by atoms with Gasteiger partial charge in [0.2, 0.25) is 0 Å². The molecule has 3 aliphatic rings. The van der Waals surface area contributed by atoms with Crippen molar-refractivity contribution in [2.75, 3.05) is 6.61 Å². The molecule has 1 fully saturated rings. The Morgan fingerprint density at radius 2 is 1.71 bits per heavy atom. The zero-order valence-corrected chi connectivity index (χ0v) is 16.5. The molecule has 3 nitrogen and oxygen atoms in total. The fraction of sp³-hybridized carbons (Fsp3) is 0.360. The number of aliphatic hydroxyl groups is 2. The van der Waals surface area contributed by atoms with E-state index in [1.807, 2.05) is 0 Å². The summed E-state index contributed by atoms with van der Waals surface area (Å²) in [5, 5.41) is 19.6. The molecule has 1 aliphatic heterocycles. The third-order valence-electron chi connectivity index (χ3n) is 5.97. The standard InChI is InChI=1S/C25H28O3/c1-16-8-9-20(25-14-22(27)13-23(15-26)28-25)12-24(16)17(2)21-10-18-6-4-3-5-7-19(18)11-21/h3-12,17,22-23,25-27H,13-15H2,1-2H3. The van der Waals surface area contributed by atoms with Gasteiger partial charge in [-0.15, -0.1) is 0 Å². The zero-order chi connectivity index (χ0) is 19.7. The van der Waals surface area contributed by atoms with Crippen LogP contribution < -0.4 is 0 Å². The van der Waals surface area contributed by atoms with E-state index in [0.29, 0.717) is 12.8 Å². The quantitative estimate of drug-likeness (QED) is 0.686. The fourth-order valence-electron chi connectivity index (χ4n) is 4.32. The molecule has 3 heteroatoms. The maximum Gasteiger partial charge on any atom is 0.0854 e. The third kappa shape index (κ3) is 3.83. The minimum Gasteiger partial charge on any atom is -0.394 e. The van der Waals surface area contributed by atoms with Crippen LogP contribution in [0.15, 0.2) is 60.7 Å². The number of hydrogen-bond acceptors (Lipinski definition) is 3. The molecule has 4 unspecified atom stereocenters. The molecular formula is C25H28O3. The summed E-state index contributed by atoms with van der Waals surface area (Å²) < 4.78 is 6.02. The van der Waals surface area contributed by atoms with Crippen LogP contribution in [-0.2, 0) is 4.74 Å². The molecule has 0 spiro atoms. The lowest BCUT2D eigenvalue weighted by Gasteiger charge is -2.33. The maximum atomic E-state index is 10.2. The second-order valence-corrected chi connectivity index (χ2v) is 8.00. The first-order valence-corrected chi connectivity index (χ1v) is 10.1. The SMILES string of the molecule is Cc1ccc(C2CC(O)CC(CO)O2)cc1C(C)c1cc2cccccc-2c1. The highest BCUT2D eigenvalue weighted by atomic mass is 16.5. The topological polar surface area (TPSA) is 49.7 Å². The van der Waals surface area contributed by atoms with Gasteiger partial charge in [0.25, 0.3) is 0 Å². The van der Waals surface area contributed by atoms with Gasteiger partial charge < -0.3 is 14.9 Å². The Morgan fingerprint density at radius 3 is 2.39 bits per heavy atom. The molecule has 0 bridgehead atoms. The predicted molar refractivity (Wildman–Crippen MR) is 112 cm³/mol. The van der Waals surface area contributed by atoms with Crippen LogP contribution in [0.1, 0.15) is 54.0 Å². The summed E-state index contributed by atoms with van der Waals surface area (Å²) >= 11 is 0. The zero-order valence-electron chi connectivity index (χ0n) is 16.5. The molecule has 1 aromatic carbocycles. The molecule has 2 N–H and O–H groups in total. The minimum absolute atomic E-state index is 0.0553. The molecule has 1 heterocycles. The summed E-state index contributed by atoms with van der Waals surface area (Å²) in [5.41, 5.74) is 7.42. The molecule has 0 amide bonds. The average molecular weight is 376 g/mol. The van der Waals surface area contributed by atoms with E-state index in [1.165, 1.54) is 27.8 Å². The van der Waals surface area contributed by atoms with E-state index < -0.39 is 6.10 Å². The monoisotopic (exact) mass is 376 g/mol. The van der Waals surface area contributed by atoms with Gasteiger partial charge in [0.1, 0.15) is 0 Å². The summed E-state index contributed by atoms with van der Waals surface area (Å²) in [6.45, 7) is 4.33. The Kier molecular flexibility index (Phi) is 5.49. The molecule has 4 rings (SSSR count). The largest absolute Gasteiger partial charge is 0.394 e. The van der Waals surface area contributed by atoms with Crippen molar-refractivity contribution in [3.8, 4) is 11.1 Å². The molecule has 1 aromatic rings. The number of ether oxygens (including phenoxy) is 1. The second kappa shape index (κ2) is 8.04. The number of benzene rings is 1. The van der Waals surface area contributed by atoms with Gasteiger partial charge in [-0.3, -0.25) is 0 Å². The van der Waals surface area contributed by atoms with Crippen LogP contribution in [0.3, 0.4) is 0 Å². The van der Waals surface area contributed by atoms with Gasteiger partial charge in [0.05, 0.1) is 24.9 Å². The Labute approximate surface area is 167 Å². The first-order chi connectivity index (χ1) is 13.5. The smallest absolute Gasteiger partial charge is 0.0854 e. The summed E-state index contributed by atoms with van der Waals surface area (Å²) in [5.74, 6) is 0.264. The Bertz CT molecular complexity index is 889. The van der Waals surface area contributed by atoms with Gasteiger partial charge >= 0.3 is 0 Å². The summed E-state index contributed by atoms with van der Waals surface area (Å²) in [6, 6.07) is 21.5. The van der Waals surface area contributed by atoms with Gasteiger partial charge in [-0.1, -0.05) is 67.6 Å². The van der Waals surface area contributed by atoms with E-state index in [9.17, 15) is 10.2 Å². The van der Waals surface area contributed by atoms with Crippen molar-refractivity contribution in [3.05, 3.63) is 82.9 Å². The second-order valence-electron chi connectivity index (χ2n) is 8.00.